The summed E-state index contributed by atoms with van der Waals surface area (Å²) < 4.78 is 2.08. The van der Waals surface area contributed by atoms with Crippen molar-refractivity contribution in [3.05, 3.63) is 96.1 Å². The molecule has 1 amide bonds. The third kappa shape index (κ3) is 5.22. The largest absolute Gasteiger partial charge is 0.325 e. The molecular formula is C25H24N4OS. The van der Waals surface area contributed by atoms with Gasteiger partial charge in [-0.3, -0.25) is 9.36 Å². The third-order valence-electron chi connectivity index (χ3n) is 4.87. The highest BCUT2D eigenvalue weighted by Crippen LogP contribution is 2.28. The van der Waals surface area contributed by atoms with Crippen molar-refractivity contribution in [3.8, 4) is 11.4 Å². The van der Waals surface area contributed by atoms with E-state index < -0.39 is 0 Å². The quantitative estimate of drug-likeness (QED) is 0.399. The van der Waals surface area contributed by atoms with E-state index in [0.29, 0.717) is 6.54 Å². The minimum Gasteiger partial charge on any atom is -0.325 e. The summed E-state index contributed by atoms with van der Waals surface area (Å²) in [6, 6.07) is 27.9. The number of amides is 1. The Labute approximate surface area is 186 Å². The number of hydrogen-bond acceptors (Lipinski definition) is 4. The fraction of sp³-hybridized carbons (Fsp3) is 0.160. The number of nitrogens with zero attached hydrogens (tertiary/aromatic N) is 3. The topological polar surface area (TPSA) is 59.8 Å². The molecule has 31 heavy (non-hydrogen) atoms. The van der Waals surface area contributed by atoms with Crippen LogP contribution in [0.1, 0.15) is 18.1 Å². The van der Waals surface area contributed by atoms with Crippen molar-refractivity contribution in [2.75, 3.05) is 5.32 Å². The van der Waals surface area contributed by atoms with E-state index in [9.17, 15) is 4.79 Å². The number of rotatable bonds is 7. The first kappa shape index (κ1) is 20.9. The Hall–Kier alpha value is -3.38. The van der Waals surface area contributed by atoms with Gasteiger partial charge in [-0.15, -0.1) is 10.2 Å². The highest BCUT2D eigenvalue weighted by atomic mass is 32.2. The summed E-state index contributed by atoms with van der Waals surface area (Å²) >= 11 is 1.41. The lowest BCUT2D eigenvalue weighted by molar-refractivity contribution is -0.115. The zero-order valence-electron chi connectivity index (χ0n) is 17.5. The fourth-order valence-electron chi connectivity index (χ4n) is 3.26. The van der Waals surface area contributed by atoms with E-state index in [1.54, 1.807) is 0 Å². The van der Waals surface area contributed by atoms with Crippen LogP contribution in [0.4, 0.5) is 5.69 Å². The summed E-state index contributed by atoms with van der Waals surface area (Å²) in [4.78, 5) is 12.7. The maximum atomic E-state index is 12.7. The number of thioether (sulfide) groups is 1. The summed E-state index contributed by atoms with van der Waals surface area (Å²) in [5.74, 6) is 0.730. The molecule has 0 saturated heterocycles. The van der Waals surface area contributed by atoms with Gasteiger partial charge in [-0.2, -0.15) is 0 Å². The average molecular weight is 429 g/mol. The van der Waals surface area contributed by atoms with Crippen molar-refractivity contribution in [2.24, 2.45) is 0 Å². The Morgan fingerprint density at radius 2 is 1.68 bits per heavy atom. The molecule has 0 fully saturated rings. The Kier molecular flexibility index (Phi) is 6.48. The number of hydrogen-bond donors (Lipinski definition) is 1. The highest BCUT2D eigenvalue weighted by Gasteiger charge is 2.21. The predicted molar refractivity (Wildman–Crippen MR) is 126 cm³/mol. The van der Waals surface area contributed by atoms with Crippen molar-refractivity contribution in [1.29, 1.82) is 0 Å². The molecule has 0 spiro atoms. The Morgan fingerprint density at radius 1 is 0.968 bits per heavy atom. The van der Waals surface area contributed by atoms with Gasteiger partial charge in [-0.05, 0) is 37.6 Å². The zero-order valence-corrected chi connectivity index (χ0v) is 18.3. The molecule has 0 aliphatic rings. The van der Waals surface area contributed by atoms with E-state index in [0.717, 1.165) is 33.4 Å². The Morgan fingerprint density at radius 3 is 2.39 bits per heavy atom. The molecule has 6 heteroatoms. The fourth-order valence-corrected chi connectivity index (χ4v) is 4.11. The molecule has 0 aliphatic heterocycles. The number of anilines is 1. The van der Waals surface area contributed by atoms with Gasteiger partial charge in [0.25, 0.3) is 0 Å². The van der Waals surface area contributed by atoms with Crippen LogP contribution in [0.5, 0.6) is 0 Å². The van der Waals surface area contributed by atoms with Crippen LogP contribution in [0.2, 0.25) is 0 Å². The number of carbonyl (C=O) groups is 1. The highest BCUT2D eigenvalue weighted by molar-refractivity contribution is 8.00. The third-order valence-corrected chi connectivity index (χ3v) is 5.95. The van der Waals surface area contributed by atoms with E-state index in [1.807, 2.05) is 67.6 Å². The van der Waals surface area contributed by atoms with Crippen molar-refractivity contribution in [2.45, 2.75) is 30.8 Å². The lowest BCUT2D eigenvalue weighted by Crippen LogP contribution is -2.23. The van der Waals surface area contributed by atoms with Gasteiger partial charge in [0.05, 0.1) is 11.8 Å². The van der Waals surface area contributed by atoms with Gasteiger partial charge in [0.2, 0.25) is 5.91 Å². The van der Waals surface area contributed by atoms with Crippen molar-refractivity contribution in [1.82, 2.24) is 14.8 Å². The summed E-state index contributed by atoms with van der Waals surface area (Å²) in [5.41, 5.74) is 4.11. The van der Waals surface area contributed by atoms with Crippen molar-refractivity contribution < 1.29 is 4.79 Å². The smallest absolute Gasteiger partial charge is 0.237 e. The average Bonchev–Trinajstić information content (AvgIpc) is 3.17. The molecule has 1 aromatic heterocycles. The van der Waals surface area contributed by atoms with Crippen LogP contribution < -0.4 is 5.32 Å². The van der Waals surface area contributed by atoms with Crippen LogP contribution in [0.25, 0.3) is 11.4 Å². The number of nitrogens with one attached hydrogen (secondary N) is 1. The molecule has 0 bridgehead atoms. The second-order valence-electron chi connectivity index (χ2n) is 7.36. The molecule has 1 unspecified atom stereocenters. The first-order chi connectivity index (χ1) is 15.1. The van der Waals surface area contributed by atoms with Gasteiger partial charge in [-0.1, -0.05) is 84.1 Å². The first-order valence-electron chi connectivity index (χ1n) is 10.2. The van der Waals surface area contributed by atoms with E-state index in [4.69, 9.17) is 0 Å². The molecular weight excluding hydrogens is 404 g/mol. The number of carbonyl (C=O) groups excluding carboxylic acids is 1. The van der Waals surface area contributed by atoms with Crippen LogP contribution in [0.3, 0.4) is 0 Å². The molecule has 1 N–H and O–H groups in total. The summed E-state index contributed by atoms with van der Waals surface area (Å²) in [7, 11) is 0. The number of aromatic nitrogens is 3. The van der Waals surface area contributed by atoms with E-state index in [1.165, 1.54) is 11.8 Å². The van der Waals surface area contributed by atoms with Gasteiger partial charge in [0, 0.05) is 11.3 Å². The minimum absolute atomic E-state index is 0.0671. The van der Waals surface area contributed by atoms with Gasteiger partial charge < -0.3 is 5.32 Å². The van der Waals surface area contributed by atoms with E-state index in [-0.39, 0.29) is 11.2 Å². The molecule has 3 aromatic carbocycles. The van der Waals surface area contributed by atoms with E-state index >= 15 is 0 Å². The van der Waals surface area contributed by atoms with Gasteiger partial charge in [0.15, 0.2) is 11.0 Å². The van der Waals surface area contributed by atoms with Crippen molar-refractivity contribution in [3.63, 3.8) is 0 Å². The lowest BCUT2D eigenvalue weighted by Gasteiger charge is -2.14. The number of aryl methyl sites for hydroxylation is 1. The predicted octanol–water partition coefficient (Wildman–Crippen LogP) is 5.42. The van der Waals surface area contributed by atoms with Crippen LogP contribution in [0.15, 0.2) is 90.1 Å². The standard InChI is InChI=1S/C25H24N4OS/c1-18-10-9-13-21(16-18)23-27-28-25(29(23)17-20-11-5-3-6-12-20)31-19(2)24(30)26-22-14-7-4-8-15-22/h3-16,19H,17H2,1-2H3,(H,26,30). The maximum Gasteiger partial charge on any atom is 0.237 e. The van der Waals surface area contributed by atoms with Gasteiger partial charge in [-0.25, -0.2) is 0 Å². The van der Waals surface area contributed by atoms with Crippen LogP contribution in [-0.2, 0) is 11.3 Å². The number of benzene rings is 3. The molecule has 1 atom stereocenters. The molecule has 4 rings (SSSR count). The van der Waals surface area contributed by atoms with Gasteiger partial charge in [0.1, 0.15) is 0 Å². The van der Waals surface area contributed by atoms with Crippen LogP contribution in [-0.4, -0.2) is 25.9 Å². The molecule has 1 heterocycles. The monoisotopic (exact) mass is 428 g/mol. The second-order valence-corrected chi connectivity index (χ2v) is 8.67. The lowest BCUT2D eigenvalue weighted by atomic mass is 10.1. The summed E-state index contributed by atoms with van der Waals surface area (Å²) in [6.07, 6.45) is 0. The van der Waals surface area contributed by atoms with Crippen LogP contribution >= 0.6 is 11.8 Å². The molecule has 0 aliphatic carbocycles. The summed E-state index contributed by atoms with van der Waals surface area (Å²) in [5, 5.41) is 12.3. The maximum absolute atomic E-state index is 12.7. The molecule has 0 saturated carbocycles. The van der Waals surface area contributed by atoms with E-state index in [2.05, 4.69) is 51.3 Å². The second kappa shape index (κ2) is 9.62. The molecule has 0 radical (unpaired) electrons. The Bertz CT molecular complexity index is 1160. The van der Waals surface area contributed by atoms with Crippen molar-refractivity contribution >= 4 is 23.4 Å². The Balaban J connectivity index is 1.61. The molecule has 4 aromatic rings. The first-order valence-corrected chi connectivity index (χ1v) is 11.0. The molecule has 5 nitrogen and oxygen atoms in total. The minimum atomic E-state index is -0.329. The number of para-hydroxylation sites is 1. The van der Waals surface area contributed by atoms with Crippen LogP contribution in [0, 0.1) is 6.92 Å². The van der Waals surface area contributed by atoms with Gasteiger partial charge >= 0.3 is 0 Å². The molecule has 156 valence electrons. The SMILES string of the molecule is Cc1cccc(-c2nnc(SC(C)C(=O)Nc3ccccc3)n2Cc2ccccc2)c1. The normalized spacial score (nSPS) is 11.8. The summed E-state index contributed by atoms with van der Waals surface area (Å²) in [6.45, 7) is 4.58. The zero-order chi connectivity index (χ0) is 21.6.